The third kappa shape index (κ3) is 4.28. The van der Waals surface area contributed by atoms with Crippen molar-refractivity contribution in [2.45, 2.75) is 31.7 Å². The second kappa shape index (κ2) is 7.80. The maximum atomic E-state index is 13.5. The zero-order valence-electron chi connectivity index (χ0n) is 15.2. The normalized spacial score (nSPS) is 19.6. The zero-order chi connectivity index (χ0) is 18.6. The maximum absolute atomic E-state index is 13.5. The molecule has 0 bridgehead atoms. The molecule has 1 aliphatic rings. The first kappa shape index (κ1) is 17.5. The number of hydrogen-bond donors (Lipinski definition) is 2. The zero-order valence-corrected chi connectivity index (χ0v) is 15.2. The summed E-state index contributed by atoms with van der Waals surface area (Å²) >= 11 is 0. The monoisotopic (exact) mass is 363 g/mol. The van der Waals surface area contributed by atoms with Gasteiger partial charge in [-0.1, -0.05) is 6.07 Å². The van der Waals surface area contributed by atoms with Crippen LogP contribution in [0.15, 0.2) is 54.9 Å². The van der Waals surface area contributed by atoms with E-state index in [0.29, 0.717) is 17.5 Å². The van der Waals surface area contributed by atoms with Crippen LogP contribution in [-0.2, 0) is 0 Å². The third-order valence-electron chi connectivity index (χ3n) is 4.82. The highest BCUT2D eigenvalue weighted by atomic mass is 19.1. The largest absolute Gasteiger partial charge is 0.340 e. The molecule has 27 heavy (non-hydrogen) atoms. The first-order chi connectivity index (χ1) is 13.2. The van der Waals surface area contributed by atoms with Crippen molar-refractivity contribution in [3.8, 4) is 11.3 Å². The Morgan fingerprint density at radius 1 is 1.11 bits per heavy atom. The fraction of sp³-hybridized carbons (Fsp3) is 0.286. The number of anilines is 2. The van der Waals surface area contributed by atoms with E-state index in [2.05, 4.69) is 22.5 Å². The summed E-state index contributed by atoms with van der Waals surface area (Å²) in [6.07, 6.45) is 5.67. The van der Waals surface area contributed by atoms with Gasteiger partial charge in [0, 0.05) is 48.2 Å². The summed E-state index contributed by atoms with van der Waals surface area (Å²) in [4.78, 5) is 13.7. The quantitative estimate of drug-likeness (QED) is 0.724. The smallest absolute Gasteiger partial charge is 0.135 e. The molecule has 0 radical (unpaired) electrons. The summed E-state index contributed by atoms with van der Waals surface area (Å²) < 4.78 is 13.5. The Kier molecular flexibility index (Phi) is 5.07. The minimum atomic E-state index is -0.285. The Bertz CT molecular complexity index is 907. The number of halogens is 1. The topological polar surface area (TPSA) is 62.7 Å². The highest BCUT2D eigenvalue weighted by Gasteiger charge is 2.22. The van der Waals surface area contributed by atoms with Gasteiger partial charge in [-0.15, -0.1) is 0 Å². The summed E-state index contributed by atoms with van der Waals surface area (Å²) in [6.45, 7) is 3.05. The van der Waals surface area contributed by atoms with Crippen LogP contribution in [0.2, 0.25) is 0 Å². The lowest BCUT2D eigenvalue weighted by atomic mass is 9.94. The molecular formula is C21H22FN5. The second-order valence-corrected chi connectivity index (χ2v) is 6.96. The number of aromatic nitrogens is 3. The summed E-state index contributed by atoms with van der Waals surface area (Å²) in [5, 5.41) is 6.72. The van der Waals surface area contributed by atoms with E-state index in [1.165, 1.54) is 12.1 Å². The predicted octanol–water partition coefficient (Wildman–Crippen LogP) is 4.28. The molecule has 3 heterocycles. The van der Waals surface area contributed by atoms with Crippen LogP contribution in [0, 0.1) is 5.82 Å². The lowest BCUT2D eigenvalue weighted by Crippen LogP contribution is -2.36. The maximum Gasteiger partial charge on any atom is 0.135 e. The van der Waals surface area contributed by atoms with Crippen molar-refractivity contribution >= 4 is 11.5 Å². The number of rotatable bonds is 4. The summed E-state index contributed by atoms with van der Waals surface area (Å²) in [5.41, 5.74) is 2.40. The van der Waals surface area contributed by atoms with E-state index in [1.54, 1.807) is 18.5 Å². The summed E-state index contributed by atoms with van der Waals surface area (Å²) in [7, 11) is 0. The molecule has 138 valence electrons. The minimum Gasteiger partial charge on any atom is -0.340 e. The summed E-state index contributed by atoms with van der Waals surface area (Å²) in [6, 6.07) is 12.6. The fourth-order valence-electron chi connectivity index (χ4n) is 3.31. The fourth-order valence-corrected chi connectivity index (χ4v) is 3.31. The van der Waals surface area contributed by atoms with E-state index in [4.69, 9.17) is 9.97 Å². The van der Waals surface area contributed by atoms with Gasteiger partial charge in [0.25, 0.3) is 0 Å². The molecule has 0 amide bonds. The van der Waals surface area contributed by atoms with Gasteiger partial charge in [0.15, 0.2) is 0 Å². The highest BCUT2D eigenvalue weighted by Crippen LogP contribution is 2.28. The van der Waals surface area contributed by atoms with Crippen LogP contribution >= 0.6 is 0 Å². The standard InChI is InChI=1S/C21H22FN5/c1-14-7-8-16(13-24-14)21-26-19(15-4-3-9-23-12-15)11-20(27-21)25-18-6-2-5-17(22)10-18/h2-6,9-12,14,16,24H,7-8,13H2,1H3,(H,25,26,27)/t14-,16+/m0/s1. The van der Waals surface area contributed by atoms with Gasteiger partial charge in [-0.2, -0.15) is 0 Å². The van der Waals surface area contributed by atoms with E-state index < -0.39 is 0 Å². The molecule has 2 N–H and O–H groups in total. The Morgan fingerprint density at radius 2 is 2.04 bits per heavy atom. The van der Waals surface area contributed by atoms with Crippen molar-refractivity contribution in [2.75, 3.05) is 11.9 Å². The van der Waals surface area contributed by atoms with E-state index in [-0.39, 0.29) is 11.7 Å². The van der Waals surface area contributed by atoms with Crippen LogP contribution < -0.4 is 10.6 Å². The molecule has 1 saturated heterocycles. The van der Waals surface area contributed by atoms with E-state index >= 15 is 0 Å². The Labute approximate surface area is 158 Å². The van der Waals surface area contributed by atoms with Gasteiger partial charge < -0.3 is 10.6 Å². The van der Waals surface area contributed by atoms with Crippen molar-refractivity contribution in [1.82, 2.24) is 20.3 Å². The van der Waals surface area contributed by atoms with Gasteiger partial charge in [0.05, 0.1) is 5.69 Å². The number of benzene rings is 1. The first-order valence-electron chi connectivity index (χ1n) is 9.23. The van der Waals surface area contributed by atoms with Gasteiger partial charge in [-0.3, -0.25) is 4.98 Å². The summed E-state index contributed by atoms with van der Waals surface area (Å²) in [5.74, 6) is 1.43. The molecular weight excluding hydrogens is 341 g/mol. The lowest BCUT2D eigenvalue weighted by Gasteiger charge is -2.27. The minimum absolute atomic E-state index is 0.255. The molecule has 0 unspecified atom stereocenters. The second-order valence-electron chi connectivity index (χ2n) is 6.96. The molecule has 4 rings (SSSR count). The molecule has 0 spiro atoms. The van der Waals surface area contributed by atoms with Gasteiger partial charge in [-0.05, 0) is 50.1 Å². The van der Waals surface area contributed by atoms with Crippen molar-refractivity contribution in [3.05, 3.63) is 66.5 Å². The van der Waals surface area contributed by atoms with Gasteiger partial charge in [-0.25, -0.2) is 14.4 Å². The van der Waals surface area contributed by atoms with Crippen LogP contribution in [0.4, 0.5) is 15.9 Å². The van der Waals surface area contributed by atoms with Crippen molar-refractivity contribution in [2.24, 2.45) is 0 Å². The number of hydrogen-bond acceptors (Lipinski definition) is 5. The Morgan fingerprint density at radius 3 is 2.78 bits per heavy atom. The molecule has 5 nitrogen and oxygen atoms in total. The SMILES string of the molecule is C[C@H]1CC[C@@H](c2nc(Nc3cccc(F)c3)cc(-c3cccnc3)n2)CN1. The Balaban J connectivity index is 1.70. The first-order valence-corrected chi connectivity index (χ1v) is 9.23. The van der Waals surface area contributed by atoms with Crippen LogP contribution in [0.5, 0.6) is 0 Å². The van der Waals surface area contributed by atoms with Gasteiger partial charge >= 0.3 is 0 Å². The average molecular weight is 363 g/mol. The van der Waals surface area contributed by atoms with Crippen molar-refractivity contribution < 1.29 is 4.39 Å². The van der Waals surface area contributed by atoms with E-state index in [9.17, 15) is 4.39 Å². The molecule has 2 atom stereocenters. The predicted molar refractivity (Wildman–Crippen MR) is 104 cm³/mol. The van der Waals surface area contributed by atoms with Gasteiger partial charge in [0.2, 0.25) is 0 Å². The molecule has 1 aliphatic heterocycles. The molecule has 1 aromatic carbocycles. The number of nitrogens with one attached hydrogen (secondary N) is 2. The van der Waals surface area contributed by atoms with Gasteiger partial charge in [0.1, 0.15) is 17.5 Å². The van der Waals surface area contributed by atoms with Crippen molar-refractivity contribution in [1.29, 1.82) is 0 Å². The van der Waals surface area contributed by atoms with Crippen LogP contribution in [-0.4, -0.2) is 27.5 Å². The number of nitrogens with zero attached hydrogens (tertiary/aromatic N) is 3. The van der Waals surface area contributed by atoms with Crippen LogP contribution in [0.3, 0.4) is 0 Å². The van der Waals surface area contributed by atoms with Crippen LogP contribution in [0.25, 0.3) is 11.3 Å². The number of pyridine rings is 1. The lowest BCUT2D eigenvalue weighted by molar-refractivity contribution is 0.376. The highest BCUT2D eigenvalue weighted by molar-refractivity contribution is 5.65. The third-order valence-corrected chi connectivity index (χ3v) is 4.82. The molecule has 1 fully saturated rings. The number of piperidine rings is 1. The average Bonchev–Trinajstić information content (AvgIpc) is 2.69. The molecule has 6 heteroatoms. The molecule has 0 aliphatic carbocycles. The molecule has 2 aromatic heterocycles. The van der Waals surface area contributed by atoms with Crippen molar-refractivity contribution in [3.63, 3.8) is 0 Å². The van der Waals surface area contributed by atoms with E-state index in [0.717, 1.165) is 36.5 Å². The van der Waals surface area contributed by atoms with Crippen LogP contribution in [0.1, 0.15) is 31.5 Å². The molecule has 3 aromatic rings. The van der Waals surface area contributed by atoms with E-state index in [1.807, 2.05) is 24.3 Å². The Hall–Kier alpha value is -2.86. The molecule has 0 saturated carbocycles.